The van der Waals surface area contributed by atoms with E-state index in [-0.39, 0.29) is 23.8 Å². The van der Waals surface area contributed by atoms with E-state index in [4.69, 9.17) is 23.4 Å². The summed E-state index contributed by atoms with van der Waals surface area (Å²) >= 11 is 0.818. The molecule has 11 nitrogen and oxygen atoms in total. The van der Waals surface area contributed by atoms with Gasteiger partial charge in [-0.15, -0.1) is 0 Å². The van der Waals surface area contributed by atoms with Gasteiger partial charge in [-0.05, 0) is 17.7 Å². The zero-order valence-electron chi connectivity index (χ0n) is 17.5. The molecule has 0 spiro atoms. The molecule has 0 bridgehead atoms. The molecular formula is C21H22N2O9S. The molecule has 0 aliphatic carbocycles. The standard InChI is InChI=1S/C21H22N2O9S/c24-20(22-10-12-28-13-11-22)19(15-33-32-29-14-16-4-2-1-3-5-16)31-21(25)30-18-8-6-17(7-9-18)23(26)27/h1-9,19H,10-15H2/t19-/m0/s1. The summed E-state index contributed by atoms with van der Waals surface area (Å²) in [6, 6.07) is 14.3. The molecular weight excluding hydrogens is 456 g/mol. The second kappa shape index (κ2) is 12.7. The molecule has 1 saturated heterocycles. The molecule has 12 heteroatoms. The molecule has 1 amide bonds. The Labute approximate surface area is 193 Å². The summed E-state index contributed by atoms with van der Waals surface area (Å²) in [5, 5.41) is 10.7. The Balaban J connectivity index is 1.53. The van der Waals surface area contributed by atoms with Crippen LogP contribution in [0.25, 0.3) is 0 Å². The van der Waals surface area contributed by atoms with Crippen LogP contribution in [-0.2, 0) is 30.1 Å². The lowest BCUT2D eigenvalue weighted by Crippen LogP contribution is -2.48. The number of ether oxygens (including phenoxy) is 3. The summed E-state index contributed by atoms with van der Waals surface area (Å²) < 4.78 is 20.6. The first-order valence-corrected chi connectivity index (χ1v) is 10.9. The number of carbonyl (C=O) groups is 2. The largest absolute Gasteiger partial charge is 0.514 e. The number of rotatable bonds is 10. The fourth-order valence-electron chi connectivity index (χ4n) is 2.81. The highest BCUT2D eigenvalue weighted by molar-refractivity contribution is 7.94. The Bertz CT molecular complexity index is 921. The molecule has 1 aliphatic rings. The topological polar surface area (TPSA) is 127 Å². The summed E-state index contributed by atoms with van der Waals surface area (Å²) in [6.07, 6.45) is -2.32. The van der Waals surface area contributed by atoms with Crippen molar-refractivity contribution in [2.45, 2.75) is 12.7 Å². The van der Waals surface area contributed by atoms with Gasteiger partial charge < -0.3 is 19.1 Å². The smallest absolute Gasteiger partial charge is 0.420 e. The first-order valence-electron chi connectivity index (χ1n) is 9.97. The number of nitrogens with zero attached hydrogens (tertiary/aromatic N) is 2. The molecule has 2 aromatic carbocycles. The number of hydrogen-bond donors (Lipinski definition) is 0. The van der Waals surface area contributed by atoms with Crippen molar-refractivity contribution >= 4 is 29.8 Å². The van der Waals surface area contributed by atoms with E-state index in [0.29, 0.717) is 26.3 Å². The Hall–Kier alpha value is -3.19. The van der Waals surface area contributed by atoms with Crippen molar-refractivity contribution in [3.8, 4) is 5.75 Å². The molecule has 0 radical (unpaired) electrons. The van der Waals surface area contributed by atoms with E-state index >= 15 is 0 Å². The minimum atomic E-state index is -1.20. The number of hydrogen-bond acceptors (Lipinski definition) is 10. The second-order valence-corrected chi connectivity index (χ2v) is 7.45. The fourth-order valence-corrected chi connectivity index (χ4v) is 3.31. The first-order chi connectivity index (χ1) is 16.0. The normalized spacial score (nSPS) is 14.4. The predicted octanol–water partition coefficient (Wildman–Crippen LogP) is 3.13. The molecule has 0 N–H and O–H groups in total. The van der Waals surface area contributed by atoms with Crippen LogP contribution >= 0.6 is 12.0 Å². The predicted molar refractivity (Wildman–Crippen MR) is 116 cm³/mol. The lowest BCUT2D eigenvalue weighted by Gasteiger charge is -2.29. The summed E-state index contributed by atoms with van der Waals surface area (Å²) in [5.41, 5.74) is 0.752. The van der Waals surface area contributed by atoms with Crippen LogP contribution in [0.1, 0.15) is 5.56 Å². The summed E-state index contributed by atoms with van der Waals surface area (Å²) in [6.45, 7) is 1.71. The molecule has 1 fully saturated rings. The minimum absolute atomic E-state index is 0.0401. The van der Waals surface area contributed by atoms with E-state index in [1.54, 1.807) is 0 Å². The number of carbonyl (C=O) groups excluding carboxylic acids is 2. The van der Waals surface area contributed by atoms with Gasteiger partial charge in [0, 0.05) is 37.3 Å². The highest BCUT2D eigenvalue weighted by Gasteiger charge is 2.30. The van der Waals surface area contributed by atoms with Crippen LogP contribution in [0.2, 0.25) is 0 Å². The molecule has 1 heterocycles. The van der Waals surface area contributed by atoms with Gasteiger partial charge in [0.05, 0.1) is 23.9 Å². The first kappa shape index (κ1) is 24.5. The zero-order chi connectivity index (χ0) is 23.5. The average molecular weight is 478 g/mol. The molecule has 1 aliphatic heterocycles. The van der Waals surface area contributed by atoms with Gasteiger partial charge in [-0.1, -0.05) is 30.3 Å². The van der Waals surface area contributed by atoms with Gasteiger partial charge in [-0.2, -0.15) is 4.33 Å². The zero-order valence-corrected chi connectivity index (χ0v) is 18.3. The molecule has 176 valence electrons. The van der Waals surface area contributed by atoms with Crippen molar-refractivity contribution in [3.63, 3.8) is 0 Å². The van der Waals surface area contributed by atoms with Gasteiger partial charge in [-0.3, -0.25) is 14.9 Å². The van der Waals surface area contributed by atoms with Crippen LogP contribution in [0.4, 0.5) is 10.5 Å². The van der Waals surface area contributed by atoms with Gasteiger partial charge >= 0.3 is 6.16 Å². The SMILES string of the molecule is O=C(Oc1ccc([N+](=O)[O-])cc1)O[C@@H](CSOOCc1ccccc1)C(=O)N1CCOCC1. The monoisotopic (exact) mass is 478 g/mol. The average Bonchev–Trinajstić information content (AvgIpc) is 2.84. The molecule has 33 heavy (non-hydrogen) atoms. The lowest BCUT2D eigenvalue weighted by atomic mass is 10.2. The van der Waals surface area contributed by atoms with Crippen LogP contribution in [0.15, 0.2) is 54.6 Å². The van der Waals surface area contributed by atoms with Crippen molar-refractivity contribution in [2.24, 2.45) is 0 Å². The number of morpholine rings is 1. The van der Waals surface area contributed by atoms with E-state index in [1.165, 1.54) is 29.2 Å². The number of nitro groups is 1. The van der Waals surface area contributed by atoms with Crippen LogP contribution in [0, 0.1) is 10.1 Å². The summed E-state index contributed by atoms with van der Waals surface area (Å²) in [5.74, 6) is -0.420. The Morgan fingerprint density at radius 1 is 1.09 bits per heavy atom. The Kier molecular flexibility index (Phi) is 9.44. The highest BCUT2D eigenvalue weighted by Crippen LogP contribution is 2.19. The third-order valence-electron chi connectivity index (χ3n) is 4.47. The summed E-state index contributed by atoms with van der Waals surface area (Å²) in [4.78, 5) is 41.9. The second-order valence-electron chi connectivity index (χ2n) is 6.75. The van der Waals surface area contributed by atoms with Gasteiger partial charge in [0.15, 0.2) is 6.10 Å². The van der Waals surface area contributed by atoms with Gasteiger partial charge in [-0.25, -0.2) is 9.68 Å². The molecule has 2 aromatic rings. The molecule has 0 saturated carbocycles. The quantitative estimate of drug-likeness (QED) is 0.0956. The van der Waals surface area contributed by atoms with Crippen LogP contribution < -0.4 is 4.74 Å². The molecule has 1 atom stereocenters. The molecule has 0 aromatic heterocycles. The Morgan fingerprint density at radius 2 is 1.79 bits per heavy atom. The number of amides is 1. The van der Waals surface area contributed by atoms with Crippen molar-refractivity contribution < 1.29 is 37.9 Å². The highest BCUT2D eigenvalue weighted by atomic mass is 32.2. The lowest BCUT2D eigenvalue weighted by molar-refractivity contribution is -0.384. The van der Waals surface area contributed by atoms with Gasteiger partial charge in [0.25, 0.3) is 11.6 Å². The maximum absolute atomic E-state index is 12.8. The van der Waals surface area contributed by atoms with Crippen molar-refractivity contribution in [2.75, 3.05) is 32.1 Å². The number of non-ortho nitro benzene ring substituents is 1. The van der Waals surface area contributed by atoms with Crippen molar-refractivity contribution in [3.05, 3.63) is 70.3 Å². The van der Waals surface area contributed by atoms with E-state index < -0.39 is 23.1 Å². The number of nitro benzene ring substituents is 1. The van der Waals surface area contributed by atoms with E-state index in [2.05, 4.69) is 0 Å². The third-order valence-corrected chi connectivity index (χ3v) is 5.10. The Morgan fingerprint density at radius 3 is 2.45 bits per heavy atom. The maximum Gasteiger partial charge on any atom is 0.514 e. The maximum atomic E-state index is 12.8. The van der Waals surface area contributed by atoms with E-state index in [9.17, 15) is 19.7 Å². The van der Waals surface area contributed by atoms with Crippen LogP contribution in [-0.4, -0.2) is 60.0 Å². The number of benzene rings is 2. The van der Waals surface area contributed by atoms with Crippen molar-refractivity contribution in [1.29, 1.82) is 0 Å². The molecule has 0 unspecified atom stereocenters. The van der Waals surface area contributed by atoms with Gasteiger partial charge in [0.2, 0.25) is 0 Å². The third kappa shape index (κ3) is 8.02. The van der Waals surface area contributed by atoms with E-state index in [1.807, 2.05) is 30.3 Å². The van der Waals surface area contributed by atoms with Crippen LogP contribution in [0.5, 0.6) is 5.75 Å². The molecule has 3 rings (SSSR count). The van der Waals surface area contributed by atoms with Crippen molar-refractivity contribution in [1.82, 2.24) is 4.90 Å². The van der Waals surface area contributed by atoms with Crippen LogP contribution in [0.3, 0.4) is 0 Å². The summed E-state index contributed by atoms with van der Waals surface area (Å²) in [7, 11) is 0. The van der Waals surface area contributed by atoms with E-state index in [0.717, 1.165) is 17.6 Å². The minimum Gasteiger partial charge on any atom is -0.420 e. The fraction of sp³-hybridized carbons (Fsp3) is 0.333. The van der Waals surface area contributed by atoms with Gasteiger partial charge in [0.1, 0.15) is 12.4 Å².